The minimum Gasteiger partial charge on any atom is -0.384 e. The zero-order chi connectivity index (χ0) is 15.1. The van der Waals surface area contributed by atoms with Crippen LogP contribution in [0, 0.1) is 24.6 Å². The fraction of sp³-hybridized carbons (Fsp3) is 0.222. The molecule has 108 valence electrons. The molecule has 2 aromatic rings. The highest BCUT2D eigenvalue weighted by Gasteiger charge is 2.02. The second-order valence-corrected chi connectivity index (χ2v) is 5.71. The Morgan fingerprint density at radius 2 is 1.95 bits per heavy atom. The topological polar surface area (TPSA) is 20.2 Å². The summed E-state index contributed by atoms with van der Waals surface area (Å²) in [6.45, 7) is 1.88. The number of benzene rings is 2. The molecule has 0 saturated heterocycles. The van der Waals surface area contributed by atoms with E-state index in [4.69, 9.17) is 5.11 Å². The third-order valence-corrected chi connectivity index (χ3v) is 4.11. The van der Waals surface area contributed by atoms with Crippen LogP contribution in [0.5, 0.6) is 0 Å². The summed E-state index contributed by atoms with van der Waals surface area (Å²) < 4.78 is 13.5. The van der Waals surface area contributed by atoms with Crippen LogP contribution < -0.4 is 0 Å². The van der Waals surface area contributed by atoms with E-state index in [9.17, 15) is 4.39 Å². The largest absolute Gasteiger partial charge is 0.384 e. The molecule has 0 bridgehead atoms. The first-order chi connectivity index (χ1) is 10.2. The van der Waals surface area contributed by atoms with Gasteiger partial charge in [-0.15, -0.1) is 0 Å². The molecule has 0 radical (unpaired) electrons. The van der Waals surface area contributed by atoms with Gasteiger partial charge in [0.05, 0.1) is 0 Å². The molecule has 0 unspecified atom stereocenters. The van der Waals surface area contributed by atoms with Crippen molar-refractivity contribution in [3.8, 4) is 11.8 Å². The number of hydrogen-bond acceptors (Lipinski definition) is 2. The van der Waals surface area contributed by atoms with E-state index >= 15 is 0 Å². The lowest BCUT2D eigenvalue weighted by atomic mass is 10.1. The lowest BCUT2D eigenvalue weighted by Crippen LogP contribution is -1.89. The average molecular weight is 300 g/mol. The summed E-state index contributed by atoms with van der Waals surface area (Å²) in [6, 6.07) is 13.1. The molecule has 1 nitrogen and oxygen atoms in total. The molecule has 1 N–H and O–H groups in total. The monoisotopic (exact) mass is 300 g/mol. The predicted molar refractivity (Wildman–Crippen MR) is 86.5 cm³/mol. The van der Waals surface area contributed by atoms with Gasteiger partial charge in [-0.05, 0) is 41.8 Å². The van der Waals surface area contributed by atoms with Crippen LogP contribution >= 0.6 is 11.8 Å². The van der Waals surface area contributed by atoms with Crippen molar-refractivity contribution in [2.24, 2.45) is 0 Å². The Bertz CT molecular complexity index is 670. The van der Waals surface area contributed by atoms with Crippen molar-refractivity contribution >= 4 is 11.8 Å². The predicted octanol–water partition coefficient (Wildman–Crippen LogP) is 3.91. The maximum atomic E-state index is 13.5. The molecule has 2 aromatic carbocycles. The van der Waals surface area contributed by atoms with Crippen molar-refractivity contribution < 1.29 is 9.50 Å². The molecule has 2 rings (SSSR count). The summed E-state index contributed by atoms with van der Waals surface area (Å²) in [5.74, 6) is 6.64. The van der Waals surface area contributed by atoms with Crippen LogP contribution in [0.4, 0.5) is 4.39 Å². The highest BCUT2D eigenvalue weighted by Crippen LogP contribution is 2.21. The molecule has 3 heteroatoms. The first-order valence-corrected chi connectivity index (χ1v) is 7.86. The van der Waals surface area contributed by atoms with E-state index in [1.807, 2.05) is 18.2 Å². The van der Waals surface area contributed by atoms with Crippen molar-refractivity contribution in [1.82, 2.24) is 0 Å². The van der Waals surface area contributed by atoms with Gasteiger partial charge in [-0.2, -0.15) is 11.8 Å². The molecule has 0 aliphatic heterocycles. The van der Waals surface area contributed by atoms with Gasteiger partial charge in [-0.1, -0.05) is 36.1 Å². The van der Waals surface area contributed by atoms with Gasteiger partial charge in [0.15, 0.2) is 0 Å². The highest BCUT2D eigenvalue weighted by atomic mass is 32.2. The Kier molecular flexibility index (Phi) is 5.86. The number of rotatable bonds is 4. The lowest BCUT2D eigenvalue weighted by molar-refractivity contribution is 0.350. The number of aliphatic hydroxyl groups is 1. The van der Waals surface area contributed by atoms with Crippen molar-refractivity contribution in [2.75, 3.05) is 6.61 Å². The van der Waals surface area contributed by atoms with Crippen LogP contribution in [-0.4, -0.2) is 11.7 Å². The number of thioether (sulfide) groups is 1. The molecule has 0 spiro atoms. The Labute approximate surface area is 129 Å². The second-order valence-electron chi connectivity index (χ2n) is 4.73. The van der Waals surface area contributed by atoms with Gasteiger partial charge in [0.1, 0.15) is 12.4 Å². The van der Waals surface area contributed by atoms with Crippen LogP contribution in [0.1, 0.15) is 22.3 Å². The third kappa shape index (κ3) is 4.93. The van der Waals surface area contributed by atoms with E-state index < -0.39 is 0 Å². The van der Waals surface area contributed by atoms with Crippen molar-refractivity contribution in [3.05, 3.63) is 70.5 Å². The van der Waals surface area contributed by atoms with Crippen LogP contribution in [-0.2, 0) is 11.5 Å². The maximum absolute atomic E-state index is 13.5. The molecule has 0 aliphatic rings. The van der Waals surface area contributed by atoms with Crippen molar-refractivity contribution in [2.45, 2.75) is 18.4 Å². The van der Waals surface area contributed by atoms with E-state index in [-0.39, 0.29) is 12.4 Å². The zero-order valence-corrected chi connectivity index (χ0v) is 12.7. The molecule has 0 saturated carbocycles. The summed E-state index contributed by atoms with van der Waals surface area (Å²) in [6.07, 6.45) is 0. The first kappa shape index (κ1) is 15.6. The molecule has 0 amide bonds. The van der Waals surface area contributed by atoms with Gasteiger partial charge >= 0.3 is 0 Å². The maximum Gasteiger partial charge on any atom is 0.124 e. The van der Waals surface area contributed by atoms with Crippen LogP contribution in [0.3, 0.4) is 0 Å². The van der Waals surface area contributed by atoms with Crippen LogP contribution in [0.25, 0.3) is 0 Å². The Morgan fingerprint density at radius 3 is 2.71 bits per heavy atom. The fourth-order valence-electron chi connectivity index (χ4n) is 2.00. The van der Waals surface area contributed by atoms with Crippen LogP contribution in [0.2, 0.25) is 0 Å². The summed E-state index contributed by atoms with van der Waals surface area (Å²) in [5, 5.41) is 8.69. The molecule has 21 heavy (non-hydrogen) atoms. The number of halogens is 1. The summed E-state index contributed by atoms with van der Waals surface area (Å²) in [5.41, 5.74) is 4.10. The minimum absolute atomic E-state index is 0.214. The molecule has 0 aromatic heterocycles. The minimum atomic E-state index is -0.286. The molecule has 0 fully saturated rings. The van der Waals surface area contributed by atoms with E-state index in [0.717, 1.165) is 17.1 Å². The molecular weight excluding hydrogens is 283 g/mol. The van der Waals surface area contributed by atoms with E-state index in [2.05, 4.69) is 30.9 Å². The summed E-state index contributed by atoms with van der Waals surface area (Å²) in [4.78, 5) is 0. The van der Waals surface area contributed by atoms with Crippen molar-refractivity contribution in [3.63, 3.8) is 0 Å². The van der Waals surface area contributed by atoms with Gasteiger partial charge in [-0.25, -0.2) is 4.39 Å². The van der Waals surface area contributed by atoms with Gasteiger partial charge in [-0.3, -0.25) is 0 Å². The van der Waals surface area contributed by atoms with E-state index in [1.165, 1.54) is 23.3 Å². The molecule has 0 heterocycles. The highest BCUT2D eigenvalue weighted by molar-refractivity contribution is 7.97. The molecule has 0 aliphatic carbocycles. The fourth-order valence-corrected chi connectivity index (χ4v) is 3.05. The smallest absolute Gasteiger partial charge is 0.124 e. The molecule has 0 atom stereocenters. The quantitative estimate of drug-likeness (QED) is 0.864. The summed E-state index contributed by atoms with van der Waals surface area (Å²) in [7, 11) is 0. The van der Waals surface area contributed by atoms with Gasteiger partial charge in [0, 0.05) is 17.1 Å². The average Bonchev–Trinajstić information content (AvgIpc) is 2.47. The van der Waals surface area contributed by atoms with E-state index in [1.54, 1.807) is 11.8 Å². The lowest BCUT2D eigenvalue weighted by Gasteiger charge is -2.06. The second kappa shape index (κ2) is 7.87. The Morgan fingerprint density at radius 1 is 1.14 bits per heavy atom. The zero-order valence-electron chi connectivity index (χ0n) is 11.9. The number of aryl methyl sites for hydroxylation is 1. The number of hydrogen-bond donors (Lipinski definition) is 1. The third-order valence-electron chi connectivity index (χ3n) is 3.06. The van der Waals surface area contributed by atoms with Gasteiger partial charge in [0.25, 0.3) is 0 Å². The first-order valence-electron chi connectivity index (χ1n) is 6.70. The SMILES string of the molecule is Cc1ccccc1CSCc1cc(F)cc(C#CCO)c1. The van der Waals surface area contributed by atoms with Gasteiger partial charge < -0.3 is 5.11 Å². The standard InChI is InChI=1S/C18H17FOS/c1-14-5-2-3-7-17(14)13-21-12-16-9-15(6-4-8-20)10-18(19)11-16/h2-3,5,7,9-11,20H,8,12-13H2,1H3. The normalized spacial score (nSPS) is 10.0. The Balaban J connectivity index is 2.00. The van der Waals surface area contributed by atoms with Crippen molar-refractivity contribution in [1.29, 1.82) is 0 Å². The Hall–Kier alpha value is -1.76. The van der Waals surface area contributed by atoms with E-state index in [0.29, 0.717) is 5.56 Å². The van der Waals surface area contributed by atoms with Crippen LogP contribution in [0.15, 0.2) is 42.5 Å². The summed E-state index contributed by atoms with van der Waals surface area (Å²) >= 11 is 1.75. The molecular formula is C18H17FOS. The van der Waals surface area contributed by atoms with Gasteiger partial charge in [0.2, 0.25) is 0 Å². The number of aliphatic hydroxyl groups excluding tert-OH is 1.